The predicted octanol–water partition coefficient (Wildman–Crippen LogP) is 4.11. The van der Waals surface area contributed by atoms with Gasteiger partial charge in [0.05, 0.1) is 28.9 Å². The third-order valence-electron chi connectivity index (χ3n) is 7.63. The van der Waals surface area contributed by atoms with Gasteiger partial charge in [0.15, 0.2) is 0 Å². The van der Waals surface area contributed by atoms with Gasteiger partial charge in [-0.3, -0.25) is 14.4 Å². The number of primary amides is 1. The Labute approximate surface area is 252 Å². The van der Waals surface area contributed by atoms with E-state index in [0.29, 0.717) is 46.5 Å². The summed E-state index contributed by atoms with van der Waals surface area (Å²) in [6.07, 6.45) is 3.15. The molecule has 1 unspecified atom stereocenters. The van der Waals surface area contributed by atoms with Crippen LogP contribution in [-0.2, 0) is 22.7 Å². The van der Waals surface area contributed by atoms with Crippen LogP contribution in [0.4, 0.5) is 10.1 Å². The van der Waals surface area contributed by atoms with Crippen molar-refractivity contribution < 1.29 is 28.6 Å². The molecule has 10 nitrogen and oxygen atoms in total. The maximum absolute atomic E-state index is 14.4. The molecule has 222 valence electrons. The van der Waals surface area contributed by atoms with E-state index in [1.165, 1.54) is 11.0 Å². The highest BCUT2D eigenvalue weighted by Gasteiger charge is 2.37. The summed E-state index contributed by atoms with van der Waals surface area (Å²) in [4.78, 5) is 44.0. The van der Waals surface area contributed by atoms with Crippen molar-refractivity contribution >= 4 is 35.2 Å². The van der Waals surface area contributed by atoms with Gasteiger partial charge in [0.25, 0.3) is 5.91 Å². The molecule has 5 rings (SSSR count). The lowest BCUT2D eigenvalue weighted by Gasteiger charge is -2.33. The smallest absolute Gasteiger partial charge is 0.303 e. The molecular weight excluding hydrogens is 573 g/mol. The molecule has 2 aliphatic rings. The van der Waals surface area contributed by atoms with Gasteiger partial charge in [-0.15, -0.1) is 11.8 Å². The number of hydrogen-bond acceptors (Lipinski definition) is 8. The van der Waals surface area contributed by atoms with Crippen molar-refractivity contribution in [1.82, 2.24) is 9.88 Å². The maximum atomic E-state index is 14.4. The first-order valence-electron chi connectivity index (χ1n) is 13.9. The number of rotatable bonds is 11. The first-order valence-corrected chi connectivity index (χ1v) is 14.7. The molecule has 0 aliphatic carbocycles. The molecule has 0 bridgehead atoms. The van der Waals surface area contributed by atoms with Crippen LogP contribution in [0.25, 0.3) is 0 Å². The summed E-state index contributed by atoms with van der Waals surface area (Å²) in [5.74, 6) is -2.08. The molecule has 3 heterocycles. The van der Waals surface area contributed by atoms with Gasteiger partial charge in [0.1, 0.15) is 24.2 Å². The average Bonchev–Trinajstić information content (AvgIpc) is 3.33. The van der Waals surface area contributed by atoms with Gasteiger partial charge >= 0.3 is 5.97 Å². The number of pyridine rings is 1. The molecule has 2 aliphatic heterocycles. The second-order valence-electron chi connectivity index (χ2n) is 10.4. The van der Waals surface area contributed by atoms with Gasteiger partial charge < -0.3 is 25.4 Å². The molecular formula is C31H30FN5O5S. The Bertz CT molecular complexity index is 1570. The number of halogens is 1. The highest BCUT2D eigenvalue weighted by molar-refractivity contribution is 7.99. The SMILES string of the molecule is N#Cc1ccc(N2CCC(Sc3ccc(COc4cccc5c4CN(C(CCC(=O)O)C(N)=O)C5=O)cn3)CC2)c(F)c1. The zero-order valence-electron chi connectivity index (χ0n) is 23.2. The Morgan fingerprint density at radius 1 is 1.21 bits per heavy atom. The summed E-state index contributed by atoms with van der Waals surface area (Å²) < 4.78 is 20.5. The number of nitrogens with two attached hydrogens (primary N) is 1. The quantitative estimate of drug-likeness (QED) is 0.330. The predicted molar refractivity (Wildman–Crippen MR) is 157 cm³/mol. The number of carbonyl (C=O) groups is 3. The number of benzene rings is 2. The van der Waals surface area contributed by atoms with Crippen molar-refractivity contribution in [3.8, 4) is 11.8 Å². The zero-order chi connectivity index (χ0) is 30.5. The van der Waals surface area contributed by atoms with Crippen LogP contribution in [0.5, 0.6) is 5.75 Å². The molecule has 2 aromatic carbocycles. The van der Waals surface area contributed by atoms with Crippen LogP contribution in [0.3, 0.4) is 0 Å². The molecule has 0 spiro atoms. The summed E-state index contributed by atoms with van der Waals surface area (Å²) in [6, 6.07) is 14.5. The van der Waals surface area contributed by atoms with E-state index in [1.54, 1.807) is 48.3 Å². The van der Waals surface area contributed by atoms with Crippen molar-refractivity contribution in [2.24, 2.45) is 5.73 Å². The fraction of sp³-hybridized carbons (Fsp3) is 0.323. The van der Waals surface area contributed by atoms with E-state index in [1.807, 2.05) is 23.1 Å². The molecule has 0 radical (unpaired) electrons. The first-order chi connectivity index (χ1) is 20.7. The summed E-state index contributed by atoms with van der Waals surface area (Å²) in [6.45, 7) is 1.75. The van der Waals surface area contributed by atoms with E-state index in [4.69, 9.17) is 20.8 Å². The van der Waals surface area contributed by atoms with E-state index in [2.05, 4.69) is 4.98 Å². The minimum absolute atomic E-state index is 0.0641. The maximum Gasteiger partial charge on any atom is 0.303 e. The molecule has 1 fully saturated rings. The van der Waals surface area contributed by atoms with E-state index in [-0.39, 0.29) is 37.7 Å². The number of piperidine rings is 1. The topological polar surface area (TPSA) is 150 Å². The van der Waals surface area contributed by atoms with Crippen molar-refractivity contribution in [2.75, 3.05) is 18.0 Å². The summed E-state index contributed by atoms with van der Waals surface area (Å²) in [7, 11) is 0. The molecule has 3 aromatic rings. The van der Waals surface area contributed by atoms with E-state index in [0.717, 1.165) is 23.4 Å². The second kappa shape index (κ2) is 13.1. The Balaban J connectivity index is 1.15. The van der Waals surface area contributed by atoms with Crippen molar-refractivity contribution in [2.45, 2.75) is 55.2 Å². The molecule has 12 heteroatoms. The lowest BCUT2D eigenvalue weighted by atomic mass is 10.1. The number of carboxylic acids is 1. The summed E-state index contributed by atoms with van der Waals surface area (Å²) >= 11 is 1.69. The van der Waals surface area contributed by atoms with Gasteiger partial charge in [0.2, 0.25) is 5.91 Å². The van der Waals surface area contributed by atoms with E-state index < -0.39 is 17.9 Å². The minimum Gasteiger partial charge on any atom is -0.488 e. The second-order valence-corrected chi connectivity index (χ2v) is 11.8. The normalized spacial score (nSPS) is 15.6. The lowest BCUT2D eigenvalue weighted by Crippen LogP contribution is -2.45. The zero-order valence-corrected chi connectivity index (χ0v) is 24.1. The number of aromatic nitrogens is 1. The van der Waals surface area contributed by atoms with Crippen LogP contribution >= 0.6 is 11.8 Å². The highest BCUT2D eigenvalue weighted by atomic mass is 32.2. The van der Waals surface area contributed by atoms with Crippen molar-refractivity contribution in [3.63, 3.8) is 0 Å². The average molecular weight is 604 g/mol. The van der Waals surface area contributed by atoms with Crippen LogP contribution in [-0.4, -0.2) is 57.2 Å². The molecule has 2 amide bonds. The molecule has 1 saturated heterocycles. The number of amides is 2. The largest absolute Gasteiger partial charge is 0.488 e. The number of hydrogen-bond donors (Lipinski definition) is 2. The van der Waals surface area contributed by atoms with Crippen LogP contribution in [0, 0.1) is 17.1 Å². The molecule has 1 aromatic heterocycles. The number of nitriles is 1. The minimum atomic E-state index is -1.07. The fourth-order valence-corrected chi connectivity index (χ4v) is 6.42. The molecule has 3 N–H and O–H groups in total. The monoisotopic (exact) mass is 603 g/mol. The summed E-state index contributed by atoms with van der Waals surface area (Å²) in [5, 5.41) is 19.2. The van der Waals surface area contributed by atoms with E-state index in [9.17, 15) is 18.8 Å². The van der Waals surface area contributed by atoms with E-state index >= 15 is 0 Å². The number of carboxylic acid groups (broad SMARTS) is 1. The Morgan fingerprint density at radius 3 is 2.65 bits per heavy atom. The first kappa shape index (κ1) is 29.8. The number of anilines is 1. The fourth-order valence-electron chi connectivity index (χ4n) is 5.37. The molecule has 43 heavy (non-hydrogen) atoms. The van der Waals surface area contributed by atoms with Gasteiger partial charge in [0, 0.05) is 47.6 Å². The highest BCUT2D eigenvalue weighted by Crippen LogP contribution is 2.34. The number of carbonyl (C=O) groups excluding carboxylic acids is 2. The Kier molecular flexibility index (Phi) is 9.11. The van der Waals surface area contributed by atoms with Crippen LogP contribution in [0.2, 0.25) is 0 Å². The lowest BCUT2D eigenvalue weighted by molar-refractivity contribution is -0.137. The molecule has 0 saturated carbocycles. The van der Waals surface area contributed by atoms with Crippen LogP contribution in [0.15, 0.2) is 59.8 Å². The van der Waals surface area contributed by atoms with Gasteiger partial charge in [-0.25, -0.2) is 9.37 Å². The third-order valence-corrected chi connectivity index (χ3v) is 8.92. The van der Waals surface area contributed by atoms with Crippen molar-refractivity contribution in [1.29, 1.82) is 5.26 Å². The van der Waals surface area contributed by atoms with Crippen molar-refractivity contribution in [3.05, 3.63) is 82.8 Å². The number of thioether (sulfide) groups is 1. The summed E-state index contributed by atoms with van der Waals surface area (Å²) in [5.41, 5.74) is 8.20. The van der Waals surface area contributed by atoms with Crippen LogP contribution in [0.1, 0.15) is 52.7 Å². The number of fused-ring (bicyclic) bond motifs is 1. The van der Waals surface area contributed by atoms with Crippen LogP contribution < -0.4 is 15.4 Å². The van der Waals surface area contributed by atoms with Gasteiger partial charge in [-0.2, -0.15) is 5.26 Å². The number of nitrogens with zero attached hydrogens (tertiary/aromatic N) is 4. The Morgan fingerprint density at radius 2 is 2.00 bits per heavy atom. The van der Waals surface area contributed by atoms with Gasteiger partial charge in [-0.05, 0) is 55.7 Å². The number of aliphatic carboxylic acids is 1. The third kappa shape index (κ3) is 6.89. The Hall–Kier alpha value is -4.63. The standard InChI is InChI=1S/C31H30FN5O5S/c32-24-14-19(15-33)4-6-25(24)36-12-10-21(11-13-36)43-28-8-5-20(16-35-28)18-42-27-3-1-2-22-23(27)17-37(31(22)41)26(30(34)40)7-9-29(38)39/h1-6,8,14,16,21,26H,7,9-13,17-18H2,(H2,34,40)(H,38,39). The number of ether oxygens (including phenoxy) is 1. The molecule has 1 atom stereocenters. The van der Waals surface area contributed by atoms with Gasteiger partial charge in [-0.1, -0.05) is 12.1 Å².